The van der Waals surface area contributed by atoms with Crippen LogP contribution in [-0.2, 0) is 0 Å². The summed E-state index contributed by atoms with van der Waals surface area (Å²) in [6, 6.07) is 5.96. The van der Waals surface area contributed by atoms with Gasteiger partial charge in [0, 0.05) is 23.2 Å². The molecule has 1 saturated heterocycles. The fourth-order valence-corrected chi connectivity index (χ4v) is 6.83. The molecule has 3 saturated carbocycles. The van der Waals surface area contributed by atoms with Crippen LogP contribution in [0.3, 0.4) is 0 Å². The van der Waals surface area contributed by atoms with Gasteiger partial charge in [0.25, 0.3) is 0 Å². The third kappa shape index (κ3) is 3.49. The summed E-state index contributed by atoms with van der Waals surface area (Å²) in [6.45, 7) is 4.17. The van der Waals surface area contributed by atoms with E-state index in [0.717, 1.165) is 12.5 Å². The summed E-state index contributed by atoms with van der Waals surface area (Å²) in [6.07, 6.45) is -0.318. The minimum Gasteiger partial charge on any atom is -0.489 e. The largest absolute Gasteiger partial charge is 0.573 e. The summed E-state index contributed by atoms with van der Waals surface area (Å²) in [5.41, 5.74) is -0.769. The van der Waals surface area contributed by atoms with Gasteiger partial charge >= 0.3 is 12.3 Å². The molecular weight excluding hydrogens is 491 g/mol. The monoisotopic (exact) mass is 515 g/mol. The molecule has 1 atom stereocenters. The van der Waals surface area contributed by atoms with Crippen LogP contribution < -0.4 is 19.9 Å². The van der Waals surface area contributed by atoms with Crippen molar-refractivity contribution in [2.75, 3.05) is 11.6 Å². The molecule has 5 aliphatic rings. The predicted molar refractivity (Wildman–Crippen MR) is 124 cm³/mol. The number of carboxylic acid groups (broad SMARTS) is 1. The number of nitriles is 1. The van der Waals surface area contributed by atoms with Crippen LogP contribution in [-0.4, -0.2) is 34.3 Å². The Balaban J connectivity index is 1.47. The highest BCUT2D eigenvalue weighted by Gasteiger charge is 2.68. The summed E-state index contributed by atoms with van der Waals surface area (Å²) in [5.74, 6) is -1.95. The molecule has 2 bridgehead atoms. The number of carbonyl (C=O) groups is 1. The van der Waals surface area contributed by atoms with E-state index in [0.29, 0.717) is 36.8 Å². The predicted octanol–water partition coefficient (Wildman–Crippen LogP) is 4.75. The molecule has 0 unspecified atom stereocenters. The molecule has 37 heavy (non-hydrogen) atoms. The Hall–Kier alpha value is -3.68. The Morgan fingerprint density at radius 2 is 1.92 bits per heavy atom. The molecule has 4 fully saturated rings. The second-order valence-corrected chi connectivity index (χ2v) is 11.4. The van der Waals surface area contributed by atoms with Crippen LogP contribution in [0, 0.1) is 22.2 Å². The lowest BCUT2D eigenvalue weighted by atomic mass is 9.36. The molecule has 1 aromatic heterocycles. The Kier molecular flexibility index (Phi) is 4.62. The molecular formula is C26H24F3N3O5. The van der Waals surface area contributed by atoms with Gasteiger partial charge in [0.15, 0.2) is 16.9 Å². The molecule has 1 aromatic carbocycles. The first kappa shape index (κ1) is 23.7. The van der Waals surface area contributed by atoms with Crippen LogP contribution in [0.25, 0.3) is 11.3 Å². The van der Waals surface area contributed by atoms with Crippen molar-refractivity contribution in [3.05, 3.63) is 45.7 Å². The van der Waals surface area contributed by atoms with Gasteiger partial charge in [-0.05, 0) is 63.6 Å². The van der Waals surface area contributed by atoms with Crippen LogP contribution >= 0.6 is 0 Å². The number of aromatic carboxylic acids is 1. The number of pyridine rings is 1. The van der Waals surface area contributed by atoms with E-state index in [4.69, 9.17) is 4.74 Å². The number of halogens is 3. The smallest absolute Gasteiger partial charge is 0.489 e. The minimum atomic E-state index is -4.98. The maximum absolute atomic E-state index is 13.4. The SMILES string of the molecule is CC1(C)CC[C@@H]2c3cc(OCC45CC(C#N)(C4)C5)c(OC(F)(F)F)cc3-c3cc(=O)c(C(=O)O)cn3N21. The number of alkyl halides is 3. The van der Waals surface area contributed by atoms with Gasteiger partial charge in [0.05, 0.1) is 35.4 Å². The number of hydrogen-bond donors (Lipinski definition) is 1. The third-order valence-corrected chi connectivity index (χ3v) is 8.33. The second kappa shape index (κ2) is 7.21. The first-order valence-electron chi connectivity index (χ1n) is 12.0. The van der Waals surface area contributed by atoms with E-state index in [1.165, 1.54) is 12.3 Å². The zero-order chi connectivity index (χ0) is 26.5. The molecule has 2 aliphatic heterocycles. The molecule has 3 aliphatic carbocycles. The molecule has 3 heterocycles. The molecule has 0 spiro atoms. The van der Waals surface area contributed by atoms with Crippen LogP contribution in [0.4, 0.5) is 13.2 Å². The Morgan fingerprint density at radius 3 is 2.54 bits per heavy atom. The summed E-state index contributed by atoms with van der Waals surface area (Å²) >= 11 is 0. The molecule has 194 valence electrons. The second-order valence-electron chi connectivity index (χ2n) is 11.4. The fourth-order valence-electron chi connectivity index (χ4n) is 6.83. The van der Waals surface area contributed by atoms with Crippen molar-refractivity contribution in [3.63, 3.8) is 0 Å². The van der Waals surface area contributed by atoms with Crippen LogP contribution in [0.15, 0.2) is 29.2 Å². The van der Waals surface area contributed by atoms with Crippen molar-refractivity contribution in [3.8, 4) is 28.8 Å². The van der Waals surface area contributed by atoms with Gasteiger partial charge in [-0.25, -0.2) is 4.79 Å². The minimum absolute atomic E-state index is 0.0468. The van der Waals surface area contributed by atoms with Crippen molar-refractivity contribution in [2.24, 2.45) is 10.8 Å². The number of nitrogens with zero attached hydrogens (tertiary/aromatic N) is 3. The number of aromatic nitrogens is 1. The lowest BCUT2D eigenvalue weighted by Crippen LogP contribution is -2.63. The molecule has 2 aromatic rings. The van der Waals surface area contributed by atoms with Gasteiger partial charge in [0.2, 0.25) is 0 Å². The average molecular weight is 515 g/mol. The van der Waals surface area contributed by atoms with E-state index >= 15 is 0 Å². The lowest BCUT2D eigenvalue weighted by Gasteiger charge is -2.66. The number of fused-ring (bicyclic) bond motifs is 6. The Bertz CT molecular complexity index is 1440. The Morgan fingerprint density at radius 1 is 1.22 bits per heavy atom. The van der Waals surface area contributed by atoms with E-state index in [9.17, 15) is 33.1 Å². The standard InChI is InChI=1S/C26H24F3N3O5/c1-23(2)4-3-17-14-5-20(36-13-25-9-24(10-25,11-25)12-30)21(37-26(27,28)29)6-15(14)18-7-19(33)16(22(34)35)8-31(18)32(17)23/h5-8,17H,3-4,9-11,13H2,1-2H3,(H,34,35)/t17-,24?,25?/m1/s1. The first-order chi connectivity index (χ1) is 17.3. The molecule has 0 radical (unpaired) electrons. The summed E-state index contributed by atoms with van der Waals surface area (Å²) in [4.78, 5) is 24.3. The number of rotatable bonds is 5. The van der Waals surface area contributed by atoms with Gasteiger partial charge in [-0.3, -0.25) is 14.5 Å². The highest BCUT2D eigenvalue weighted by atomic mass is 19.4. The zero-order valence-electron chi connectivity index (χ0n) is 20.2. The summed E-state index contributed by atoms with van der Waals surface area (Å²) < 4.78 is 52.0. The molecule has 1 N–H and O–H groups in total. The van der Waals surface area contributed by atoms with Crippen LogP contribution in [0.1, 0.15) is 67.9 Å². The van der Waals surface area contributed by atoms with Crippen molar-refractivity contribution in [2.45, 2.75) is 63.9 Å². The van der Waals surface area contributed by atoms with Crippen LogP contribution in [0.5, 0.6) is 11.5 Å². The van der Waals surface area contributed by atoms with E-state index in [1.807, 2.05) is 18.9 Å². The maximum atomic E-state index is 13.4. The normalized spacial score (nSPS) is 28.1. The Labute approximate surface area is 209 Å². The van der Waals surface area contributed by atoms with E-state index in [1.54, 1.807) is 10.7 Å². The van der Waals surface area contributed by atoms with Gasteiger partial charge in [0.1, 0.15) is 5.56 Å². The molecule has 0 amide bonds. The highest BCUT2D eigenvalue weighted by Crippen LogP contribution is 2.73. The zero-order valence-corrected chi connectivity index (χ0v) is 20.2. The van der Waals surface area contributed by atoms with Gasteiger partial charge in [-0.1, -0.05) is 0 Å². The third-order valence-electron chi connectivity index (χ3n) is 8.33. The summed E-state index contributed by atoms with van der Waals surface area (Å²) in [5, 5.41) is 20.8. The highest BCUT2D eigenvalue weighted by molar-refractivity contribution is 5.88. The maximum Gasteiger partial charge on any atom is 0.573 e. The topological polar surface area (TPSA) is 105 Å². The van der Waals surface area contributed by atoms with E-state index in [2.05, 4.69) is 10.8 Å². The number of ether oxygens (including phenoxy) is 2. The lowest BCUT2D eigenvalue weighted by molar-refractivity contribution is -0.275. The molecule has 7 rings (SSSR count). The van der Waals surface area contributed by atoms with Gasteiger partial charge in [-0.15, -0.1) is 13.2 Å². The molecule has 8 nitrogen and oxygen atoms in total. The number of benzene rings is 1. The van der Waals surface area contributed by atoms with E-state index < -0.39 is 34.6 Å². The quantitative estimate of drug-likeness (QED) is 0.613. The van der Waals surface area contributed by atoms with Crippen molar-refractivity contribution >= 4 is 5.97 Å². The van der Waals surface area contributed by atoms with Crippen LogP contribution in [0.2, 0.25) is 0 Å². The average Bonchev–Trinajstić information content (AvgIpc) is 3.06. The van der Waals surface area contributed by atoms with Gasteiger partial charge in [-0.2, -0.15) is 5.26 Å². The number of hydrogen-bond acceptors (Lipinski definition) is 6. The summed E-state index contributed by atoms with van der Waals surface area (Å²) in [7, 11) is 0. The molecule has 11 heteroatoms. The van der Waals surface area contributed by atoms with Crippen molar-refractivity contribution in [1.29, 1.82) is 5.26 Å². The number of carboxylic acids is 1. The van der Waals surface area contributed by atoms with E-state index in [-0.39, 0.29) is 34.9 Å². The fraction of sp³-hybridized carbons (Fsp3) is 0.500. The van der Waals surface area contributed by atoms with Crippen molar-refractivity contribution in [1.82, 2.24) is 4.68 Å². The van der Waals surface area contributed by atoms with Crippen molar-refractivity contribution < 1.29 is 32.5 Å². The first-order valence-corrected chi connectivity index (χ1v) is 12.0. The van der Waals surface area contributed by atoms with Gasteiger partial charge < -0.3 is 14.6 Å².